The Bertz CT molecular complexity index is 1190. The average molecular weight is 393 g/mol. The molecule has 5 N–H and O–H groups in total. The van der Waals surface area contributed by atoms with Gasteiger partial charge < -0.3 is 10.7 Å². The third-order valence-corrected chi connectivity index (χ3v) is 5.48. The minimum Gasteiger partial charge on any atom is -0.398 e. The lowest BCUT2D eigenvalue weighted by molar-refractivity contribution is 1.28. The molecule has 2 heterocycles. The standard InChI is InChI=1S/C20H16N4OS2/c21-16(10-27-22)12-5-7-13(8-6-12)20-24-18(11-26-20)15-9-14-3-1-2-4-17(14)23-19(15)25/h1-11H,21-22H2,(H,23,25)/b16-10-. The number of fused-ring (bicyclic) bond motifs is 1. The first-order valence-corrected chi connectivity index (χ1v) is 9.98. The number of hydrogen-bond acceptors (Lipinski definition) is 6. The largest absolute Gasteiger partial charge is 0.398 e. The summed E-state index contributed by atoms with van der Waals surface area (Å²) in [5.41, 5.74) is 10.4. The molecule has 0 bridgehead atoms. The SMILES string of the molecule is NS/C=C(\N)c1ccc(-c2nc(-c3cc4ccccc4[nH]c3=O)cs2)cc1. The molecule has 2 aromatic carbocycles. The molecular formula is C20H16N4OS2. The first-order chi connectivity index (χ1) is 13.2. The molecule has 0 atom stereocenters. The number of nitrogens with two attached hydrogens (primary N) is 2. The van der Waals surface area contributed by atoms with E-state index in [1.807, 2.05) is 60.0 Å². The summed E-state index contributed by atoms with van der Waals surface area (Å²) >= 11 is 2.58. The van der Waals surface area contributed by atoms with Gasteiger partial charge in [-0.15, -0.1) is 11.3 Å². The van der Waals surface area contributed by atoms with Crippen LogP contribution in [0.25, 0.3) is 38.4 Å². The number of para-hydroxylation sites is 1. The van der Waals surface area contributed by atoms with Gasteiger partial charge >= 0.3 is 0 Å². The normalized spacial score (nSPS) is 11.8. The number of nitrogens with zero attached hydrogens (tertiary/aromatic N) is 1. The van der Waals surface area contributed by atoms with E-state index in [1.54, 1.807) is 5.41 Å². The van der Waals surface area contributed by atoms with Crippen molar-refractivity contribution < 1.29 is 0 Å². The van der Waals surface area contributed by atoms with Gasteiger partial charge in [0.2, 0.25) is 0 Å². The van der Waals surface area contributed by atoms with Gasteiger partial charge in [-0.1, -0.05) is 54.4 Å². The van der Waals surface area contributed by atoms with Crippen LogP contribution in [0.3, 0.4) is 0 Å². The fraction of sp³-hybridized carbons (Fsp3) is 0. The van der Waals surface area contributed by atoms with E-state index in [9.17, 15) is 4.79 Å². The molecular weight excluding hydrogens is 376 g/mol. The minimum absolute atomic E-state index is 0.141. The maximum Gasteiger partial charge on any atom is 0.257 e. The molecule has 4 aromatic rings. The summed E-state index contributed by atoms with van der Waals surface area (Å²) in [5, 5.41) is 10.8. The highest BCUT2D eigenvalue weighted by Crippen LogP contribution is 2.29. The van der Waals surface area contributed by atoms with Crippen molar-refractivity contribution in [1.82, 2.24) is 9.97 Å². The van der Waals surface area contributed by atoms with Gasteiger partial charge in [-0.25, -0.2) is 4.98 Å². The second-order valence-electron chi connectivity index (χ2n) is 5.92. The maximum atomic E-state index is 12.4. The third-order valence-electron chi connectivity index (χ3n) is 4.19. The zero-order valence-electron chi connectivity index (χ0n) is 14.2. The molecule has 27 heavy (non-hydrogen) atoms. The second-order valence-corrected chi connectivity index (χ2v) is 7.29. The molecule has 7 heteroatoms. The molecule has 0 aliphatic rings. The van der Waals surface area contributed by atoms with E-state index >= 15 is 0 Å². The molecule has 0 amide bonds. The molecule has 2 aromatic heterocycles. The average Bonchev–Trinajstić information content (AvgIpc) is 3.17. The number of H-pyrrole nitrogens is 1. The molecule has 5 nitrogen and oxygen atoms in total. The lowest BCUT2D eigenvalue weighted by atomic mass is 10.1. The number of rotatable bonds is 4. The van der Waals surface area contributed by atoms with Gasteiger partial charge in [0.05, 0.1) is 11.3 Å². The summed E-state index contributed by atoms with van der Waals surface area (Å²) in [6, 6.07) is 17.4. The van der Waals surface area contributed by atoms with Crippen LogP contribution < -0.4 is 16.4 Å². The van der Waals surface area contributed by atoms with Crippen LogP contribution in [0.1, 0.15) is 5.56 Å². The summed E-state index contributed by atoms with van der Waals surface area (Å²) in [5.74, 6) is 0. The van der Waals surface area contributed by atoms with Gasteiger partial charge in [0.25, 0.3) is 5.56 Å². The zero-order valence-corrected chi connectivity index (χ0v) is 15.8. The topological polar surface area (TPSA) is 97.8 Å². The van der Waals surface area contributed by atoms with Crippen molar-refractivity contribution in [3.8, 4) is 21.8 Å². The number of pyridine rings is 1. The predicted octanol–water partition coefficient (Wildman–Crippen LogP) is 4.18. The molecule has 0 aliphatic heterocycles. The van der Waals surface area contributed by atoms with E-state index in [0.29, 0.717) is 17.0 Å². The fourth-order valence-electron chi connectivity index (χ4n) is 2.81. The molecule has 0 fully saturated rings. The number of benzene rings is 2. The lowest BCUT2D eigenvalue weighted by Crippen LogP contribution is -2.08. The van der Waals surface area contributed by atoms with Gasteiger partial charge in [0, 0.05) is 27.6 Å². The van der Waals surface area contributed by atoms with Crippen molar-refractivity contribution in [2.75, 3.05) is 0 Å². The predicted molar refractivity (Wildman–Crippen MR) is 115 cm³/mol. The number of thiazole rings is 1. The van der Waals surface area contributed by atoms with Crippen molar-refractivity contribution >= 4 is 39.9 Å². The molecule has 4 rings (SSSR count). The molecule has 134 valence electrons. The van der Waals surface area contributed by atoms with Crippen LogP contribution in [0.5, 0.6) is 0 Å². The second kappa shape index (κ2) is 7.40. The number of aromatic amines is 1. The Labute approximate surface area is 163 Å². The van der Waals surface area contributed by atoms with E-state index in [1.165, 1.54) is 11.3 Å². The van der Waals surface area contributed by atoms with E-state index < -0.39 is 0 Å². The minimum atomic E-state index is -0.141. The van der Waals surface area contributed by atoms with Crippen molar-refractivity contribution in [3.05, 3.63) is 81.3 Å². The Balaban J connectivity index is 1.69. The Hall–Kier alpha value is -2.87. The summed E-state index contributed by atoms with van der Waals surface area (Å²) < 4.78 is 0. The first-order valence-electron chi connectivity index (χ1n) is 8.15. The van der Waals surface area contributed by atoms with Gasteiger partial charge in [-0.2, -0.15) is 0 Å². The van der Waals surface area contributed by atoms with Crippen molar-refractivity contribution in [2.45, 2.75) is 0 Å². The zero-order chi connectivity index (χ0) is 18.8. The van der Waals surface area contributed by atoms with Crippen molar-refractivity contribution in [3.63, 3.8) is 0 Å². The summed E-state index contributed by atoms with van der Waals surface area (Å²) in [6.45, 7) is 0. The summed E-state index contributed by atoms with van der Waals surface area (Å²) in [6.07, 6.45) is 0. The number of hydrogen-bond donors (Lipinski definition) is 3. The molecule has 0 spiro atoms. The van der Waals surface area contributed by atoms with Gasteiger partial charge in [-0.05, 0) is 23.1 Å². The summed E-state index contributed by atoms with van der Waals surface area (Å²) in [7, 11) is 0. The highest BCUT2D eigenvalue weighted by atomic mass is 32.2. The van der Waals surface area contributed by atoms with Crippen LogP contribution in [0, 0.1) is 0 Å². The smallest absolute Gasteiger partial charge is 0.257 e. The Morgan fingerprint density at radius 3 is 2.70 bits per heavy atom. The van der Waals surface area contributed by atoms with Crippen LogP contribution in [-0.2, 0) is 0 Å². The lowest BCUT2D eigenvalue weighted by Gasteiger charge is -2.03. The van der Waals surface area contributed by atoms with E-state index in [0.717, 1.165) is 39.0 Å². The van der Waals surface area contributed by atoms with Crippen molar-refractivity contribution in [1.29, 1.82) is 0 Å². The van der Waals surface area contributed by atoms with Crippen molar-refractivity contribution in [2.24, 2.45) is 10.9 Å². The molecule has 0 aliphatic carbocycles. The van der Waals surface area contributed by atoms with Crippen LogP contribution in [0.15, 0.2) is 70.2 Å². The first kappa shape index (κ1) is 17.5. The highest BCUT2D eigenvalue weighted by molar-refractivity contribution is 8.00. The quantitative estimate of drug-likeness (QED) is 0.453. The molecule has 0 unspecified atom stereocenters. The molecule has 0 saturated heterocycles. The van der Waals surface area contributed by atoms with Crippen LogP contribution in [-0.4, -0.2) is 9.97 Å². The van der Waals surface area contributed by atoms with Crippen LogP contribution in [0.2, 0.25) is 0 Å². The van der Waals surface area contributed by atoms with E-state index in [4.69, 9.17) is 10.9 Å². The Morgan fingerprint density at radius 2 is 1.93 bits per heavy atom. The van der Waals surface area contributed by atoms with Gasteiger partial charge in [-0.3, -0.25) is 9.93 Å². The van der Waals surface area contributed by atoms with Crippen LogP contribution >= 0.6 is 23.3 Å². The monoisotopic (exact) mass is 392 g/mol. The van der Waals surface area contributed by atoms with E-state index in [-0.39, 0.29) is 5.56 Å². The highest BCUT2D eigenvalue weighted by Gasteiger charge is 2.11. The number of nitrogens with one attached hydrogen (secondary N) is 1. The summed E-state index contributed by atoms with van der Waals surface area (Å²) in [4.78, 5) is 20.0. The molecule has 0 radical (unpaired) electrons. The Kier molecular flexibility index (Phi) is 4.81. The van der Waals surface area contributed by atoms with Crippen LogP contribution in [0.4, 0.5) is 0 Å². The maximum absolute atomic E-state index is 12.4. The van der Waals surface area contributed by atoms with E-state index in [2.05, 4.69) is 9.97 Å². The molecule has 0 saturated carbocycles. The van der Waals surface area contributed by atoms with Gasteiger partial charge in [0.1, 0.15) is 5.01 Å². The third kappa shape index (κ3) is 3.52. The van der Waals surface area contributed by atoms with Gasteiger partial charge in [0.15, 0.2) is 0 Å². The fourth-order valence-corrected chi connectivity index (χ4v) is 3.92. The number of aromatic nitrogens is 2. The Morgan fingerprint density at radius 1 is 1.15 bits per heavy atom.